The summed E-state index contributed by atoms with van der Waals surface area (Å²) in [6.07, 6.45) is 6.27. The molecular formula is C23H24F4OS2. The predicted molar refractivity (Wildman–Crippen MR) is 118 cm³/mol. The Labute approximate surface area is 183 Å². The van der Waals surface area contributed by atoms with Gasteiger partial charge in [0.1, 0.15) is 0 Å². The highest BCUT2D eigenvalue weighted by atomic mass is 32.2. The number of halogens is 4. The Morgan fingerprint density at radius 2 is 1.57 bits per heavy atom. The van der Waals surface area contributed by atoms with E-state index in [1.807, 2.05) is 13.0 Å². The van der Waals surface area contributed by atoms with Gasteiger partial charge in [0.2, 0.25) is 5.82 Å². The summed E-state index contributed by atoms with van der Waals surface area (Å²) < 4.78 is 63.1. The zero-order valence-electron chi connectivity index (χ0n) is 16.9. The SMILES string of the molecule is CC=CCCC1CSC(c2ccc(-c3ccc(OCC)c(F)c3F)c(F)c2F)SC1. The van der Waals surface area contributed by atoms with E-state index < -0.39 is 23.3 Å². The van der Waals surface area contributed by atoms with Crippen molar-refractivity contribution in [2.24, 2.45) is 5.92 Å². The Balaban J connectivity index is 1.79. The van der Waals surface area contributed by atoms with E-state index in [1.165, 1.54) is 24.3 Å². The topological polar surface area (TPSA) is 9.23 Å². The van der Waals surface area contributed by atoms with E-state index in [9.17, 15) is 17.6 Å². The first-order valence-corrected chi connectivity index (χ1v) is 12.0. The van der Waals surface area contributed by atoms with Gasteiger partial charge in [0, 0.05) is 16.7 Å². The summed E-state index contributed by atoms with van der Waals surface area (Å²) in [6.45, 7) is 3.81. The molecule has 0 radical (unpaired) electrons. The fourth-order valence-electron chi connectivity index (χ4n) is 3.35. The first-order chi connectivity index (χ1) is 14.5. The number of hydrogen-bond acceptors (Lipinski definition) is 3. The summed E-state index contributed by atoms with van der Waals surface area (Å²) >= 11 is 3.20. The molecule has 0 aromatic heterocycles. The molecule has 0 amide bonds. The van der Waals surface area contributed by atoms with E-state index in [2.05, 4.69) is 6.08 Å². The number of allylic oxidation sites excluding steroid dienone is 2. The number of ether oxygens (including phenoxy) is 1. The lowest BCUT2D eigenvalue weighted by atomic mass is 10.0. The third-order valence-electron chi connectivity index (χ3n) is 4.95. The minimum absolute atomic E-state index is 0.167. The quantitative estimate of drug-likeness (QED) is 0.311. The third-order valence-corrected chi connectivity index (χ3v) is 8.20. The monoisotopic (exact) mass is 456 g/mol. The fourth-order valence-corrected chi connectivity index (χ4v) is 6.54. The third kappa shape index (κ3) is 4.99. The summed E-state index contributed by atoms with van der Waals surface area (Å²) in [6, 6.07) is 5.24. The van der Waals surface area contributed by atoms with Crippen LogP contribution in [0.25, 0.3) is 11.1 Å². The second-order valence-electron chi connectivity index (χ2n) is 7.01. The summed E-state index contributed by atoms with van der Waals surface area (Å²) in [5.74, 6) is -2.56. The van der Waals surface area contributed by atoms with Crippen LogP contribution in [0, 0.1) is 29.2 Å². The zero-order valence-corrected chi connectivity index (χ0v) is 18.5. The van der Waals surface area contributed by atoms with Crippen molar-refractivity contribution in [2.45, 2.75) is 31.3 Å². The number of benzene rings is 2. The van der Waals surface area contributed by atoms with Crippen LogP contribution < -0.4 is 4.74 Å². The molecule has 0 N–H and O–H groups in total. The highest BCUT2D eigenvalue weighted by Gasteiger charge is 2.28. The molecule has 1 nitrogen and oxygen atoms in total. The minimum Gasteiger partial charge on any atom is -0.491 e. The lowest BCUT2D eigenvalue weighted by Gasteiger charge is -2.28. The van der Waals surface area contributed by atoms with E-state index in [-0.39, 0.29) is 33.6 Å². The molecule has 30 heavy (non-hydrogen) atoms. The van der Waals surface area contributed by atoms with Gasteiger partial charge in [-0.25, -0.2) is 13.2 Å². The number of thioether (sulfide) groups is 2. The average Bonchev–Trinajstić information content (AvgIpc) is 2.75. The second-order valence-corrected chi connectivity index (χ2v) is 9.59. The Morgan fingerprint density at radius 1 is 0.933 bits per heavy atom. The molecule has 0 saturated carbocycles. The minimum atomic E-state index is -1.25. The van der Waals surface area contributed by atoms with Gasteiger partial charge in [-0.1, -0.05) is 24.3 Å². The van der Waals surface area contributed by atoms with Gasteiger partial charge in [-0.05, 0) is 56.2 Å². The standard InChI is InChI=1S/C23H24F4OS2/c1-3-5-6-7-14-12-29-23(30-13-14)17-9-8-15(19(24)21(17)26)16-10-11-18(28-4-2)22(27)20(16)25/h3,5,8-11,14,23H,4,6-7,12-13H2,1-2H3. The van der Waals surface area contributed by atoms with Crippen molar-refractivity contribution in [2.75, 3.05) is 18.1 Å². The van der Waals surface area contributed by atoms with Gasteiger partial charge < -0.3 is 4.74 Å². The first-order valence-electron chi connectivity index (χ1n) is 9.91. The van der Waals surface area contributed by atoms with Crippen molar-refractivity contribution in [1.82, 2.24) is 0 Å². The lowest BCUT2D eigenvalue weighted by Crippen LogP contribution is -2.15. The van der Waals surface area contributed by atoms with E-state index >= 15 is 0 Å². The van der Waals surface area contributed by atoms with E-state index in [0.717, 1.165) is 24.3 Å². The Kier molecular flexibility index (Phi) is 8.17. The van der Waals surface area contributed by atoms with Crippen LogP contribution in [0.4, 0.5) is 17.6 Å². The summed E-state index contributed by atoms with van der Waals surface area (Å²) in [7, 11) is 0. The molecule has 3 rings (SSSR count). The van der Waals surface area contributed by atoms with Gasteiger partial charge in [-0.2, -0.15) is 4.39 Å². The van der Waals surface area contributed by atoms with E-state index in [0.29, 0.717) is 5.92 Å². The Morgan fingerprint density at radius 3 is 2.20 bits per heavy atom. The van der Waals surface area contributed by atoms with Crippen LogP contribution in [-0.2, 0) is 0 Å². The second kappa shape index (κ2) is 10.6. The van der Waals surface area contributed by atoms with Crippen molar-refractivity contribution >= 4 is 23.5 Å². The van der Waals surface area contributed by atoms with Crippen molar-refractivity contribution in [3.8, 4) is 16.9 Å². The summed E-state index contributed by atoms with van der Waals surface area (Å²) in [5.41, 5.74) is -0.373. The molecule has 162 valence electrons. The molecule has 1 saturated heterocycles. The molecule has 2 aromatic carbocycles. The molecule has 0 atom stereocenters. The lowest BCUT2D eigenvalue weighted by molar-refractivity contribution is 0.314. The molecule has 1 aliphatic rings. The maximum atomic E-state index is 14.9. The smallest absolute Gasteiger partial charge is 0.201 e. The molecule has 0 aliphatic carbocycles. The van der Waals surface area contributed by atoms with Crippen LogP contribution in [0.1, 0.15) is 36.8 Å². The molecule has 1 fully saturated rings. The van der Waals surface area contributed by atoms with Crippen LogP contribution in [-0.4, -0.2) is 18.1 Å². The normalized spacial score (nSPS) is 19.4. The molecule has 0 unspecified atom stereocenters. The van der Waals surface area contributed by atoms with Gasteiger partial charge in [0.15, 0.2) is 23.2 Å². The Bertz CT molecular complexity index is 909. The number of rotatable bonds is 7. The average molecular weight is 457 g/mol. The molecule has 0 bridgehead atoms. The van der Waals surface area contributed by atoms with E-state index in [1.54, 1.807) is 30.4 Å². The van der Waals surface area contributed by atoms with Gasteiger partial charge >= 0.3 is 0 Å². The Hall–Kier alpha value is -1.60. The molecular weight excluding hydrogens is 432 g/mol. The zero-order chi connectivity index (χ0) is 21.7. The van der Waals surface area contributed by atoms with Gasteiger partial charge in [0.25, 0.3) is 0 Å². The summed E-state index contributed by atoms with van der Waals surface area (Å²) in [5, 5.41) is 0. The summed E-state index contributed by atoms with van der Waals surface area (Å²) in [4.78, 5) is 0. The maximum Gasteiger partial charge on any atom is 0.201 e. The molecule has 7 heteroatoms. The van der Waals surface area contributed by atoms with Crippen LogP contribution in [0.3, 0.4) is 0 Å². The largest absolute Gasteiger partial charge is 0.491 e. The van der Waals surface area contributed by atoms with Crippen molar-refractivity contribution in [1.29, 1.82) is 0 Å². The maximum absolute atomic E-state index is 14.9. The highest BCUT2D eigenvalue weighted by molar-refractivity contribution is 8.16. The molecule has 0 spiro atoms. The van der Waals surface area contributed by atoms with Crippen LogP contribution >= 0.6 is 23.5 Å². The van der Waals surface area contributed by atoms with Crippen molar-refractivity contribution in [3.05, 3.63) is 65.2 Å². The van der Waals surface area contributed by atoms with Crippen LogP contribution in [0.15, 0.2) is 36.4 Å². The van der Waals surface area contributed by atoms with Gasteiger partial charge in [0.05, 0.1) is 11.2 Å². The molecule has 1 heterocycles. The molecule has 1 aliphatic heterocycles. The molecule has 2 aromatic rings. The van der Waals surface area contributed by atoms with Gasteiger partial charge in [-0.3, -0.25) is 0 Å². The van der Waals surface area contributed by atoms with Crippen LogP contribution in [0.2, 0.25) is 0 Å². The first kappa shape index (κ1) is 23.1. The predicted octanol–water partition coefficient (Wildman–Crippen LogP) is 7.76. The van der Waals surface area contributed by atoms with Crippen molar-refractivity contribution < 1.29 is 22.3 Å². The fraction of sp³-hybridized carbons (Fsp3) is 0.391. The highest BCUT2D eigenvalue weighted by Crippen LogP contribution is 2.48. The number of hydrogen-bond donors (Lipinski definition) is 0. The van der Waals surface area contributed by atoms with Crippen LogP contribution in [0.5, 0.6) is 5.75 Å². The van der Waals surface area contributed by atoms with E-state index in [4.69, 9.17) is 4.74 Å². The van der Waals surface area contributed by atoms with Crippen molar-refractivity contribution in [3.63, 3.8) is 0 Å². The van der Waals surface area contributed by atoms with Gasteiger partial charge in [-0.15, -0.1) is 23.5 Å².